The number of hydrogen-bond donors (Lipinski definition) is 2. The van der Waals surface area contributed by atoms with Crippen LogP contribution in [0.5, 0.6) is 0 Å². The van der Waals surface area contributed by atoms with Gasteiger partial charge in [0.1, 0.15) is 0 Å². The van der Waals surface area contributed by atoms with Crippen LogP contribution in [0.3, 0.4) is 0 Å². The second kappa shape index (κ2) is 4.97. The lowest BCUT2D eigenvalue weighted by atomic mass is 9.94. The highest BCUT2D eigenvalue weighted by atomic mass is 32.2. The molecule has 0 aromatic carbocycles. The predicted molar refractivity (Wildman–Crippen MR) is 63.3 cm³/mol. The van der Waals surface area contributed by atoms with Crippen molar-refractivity contribution < 1.29 is 8.42 Å². The van der Waals surface area contributed by atoms with E-state index in [-0.39, 0.29) is 17.7 Å². The number of hydrogen-bond acceptors (Lipinski definition) is 3. The van der Waals surface area contributed by atoms with Crippen LogP contribution in [0.25, 0.3) is 0 Å². The van der Waals surface area contributed by atoms with Crippen molar-refractivity contribution in [1.82, 2.24) is 14.7 Å². The van der Waals surface area contributed by atoms with Crippen molar-refractivity contribution in [2.45, 2.75) is 33.7 Å². The molecular weight excluding hydrogens is 226 g/mol. The fraction of sp³-hybridized carbons (Fsp3) is 0.700. The molecule has 0 radical (unpaired) electrons. The van der Waals surface area contributed by atoms with Gasteiger partial charge in [0.2, 0.25) is 10.0 Å². The van der Waals surface area contributed by atoms with E-state index in [1.807, 2.05) is 20.8 Å². The van der Waals surface area contributed by atoms with Gasteiger partial charge in [0, 0.05) is 11.9 Å². The van der Waals surface area contributed by atoms with Crippen LogP contribution in [0.1, 0.15) is 32.9 Å². The van der Waals surface area contributed by atoms with Crippen LogP contribution in [0.15, 0.2) is 12.5 Å². The fourth-order valence-electron chi connectivity index (χ4n) is 1.08. The Bertz CT molecular complexity index is 404. The summed E-state index contributed by atoms with van der Waals surface area (Å²) in [6, 6.07) is 0. The highest BCUT2D eigenvalue weighted by Gasteiger charge is 2.17. The molecule has 0 amide bonds. The Morgan fingerprint density at radius 2 is 2.12 bits per heavy atom. The van der Waals surface area contributed by atoms with Crippen LogP contribution < -0.4 is 4.72 Å². The van der Waals surface area contributed by atoms with E-state index in [2.05, 4.69) is 14.7 Å². The van der Waals surface area contributed by atoms with E-state index in [4.69, 9.17) is 0 Å². The molecule has 0 saturated carbocycles. The first kappa shape index (κ1) is 13.2. The molecule has 0 aliphatic rings. The van der Waals surface area contributed by atoms with Gasteiger partial charge in [-0.1, -0.05) is 20.8 Å². The van der Waals surface area contributed by atoms with E-state index < -0.39 is 10.0 Å². The lowest BCUT2D eigenvalue weighted by Crippen LogP contribution is -2.28. The van der Waals surface area contributed by atoms with Crippen molar-refractivity contribution in [2.24, 2.45) is 5.41 Å². The molecule has 92 valence electrons. The van der Waals surface area contributed by atoms with Crippen LogP contribution in [0.4, 0.5) is 0 Å². The zero-order valence-electron chi connectivity index (χ0n) is 9.95. The van der Waals surface area contributed by atoms with Gasteiger partial charge in [-0.25, -0.2) is 18.1 Å². The molecule has 0 fully saturated rings. The quantitative estimate of drug-likeness (QED) is 0.820. The Kier molecular flexibility index (Phi) is 4.09. The number of rotatable bonds is 5. The lowest BCUT2D eigenvalue weighted by Gasteiger charge is -2.17. The standard InChI is InChI=1S/C10H19N3O2S/c1-10(2,3)4-5-16(14,15)13-7-9-6-11-8-12-9/h6,8,13H,4-5,7H2,1-3H3,(H,11,12). The molecule has 1 aromatic heterocycles. The lowest BCUT2D eigenvalue weighted by molar-refractivity contribution is 0.396. The zero-order valence-corrected chi connectivity index (χ0v) is 10.8. The van der Waals surface area contributed by atoms with E-state index in [0.29, 0.717) is 6.42 Å². The molecule has 0 aliphatic carbocycles. The van der Waals surface area contributed by atoms with E-state index in [1.54, 1.807) is 6.20 Å². The maximum Gasteiger partial charge on any atom is 0.211 e. The zero-order chi connectivity index (χ0) is 12.2. The van der Waals surface area contributed by atoms with Gasteiger partial charge >= 0.3 is 0 Å². The summed E-state index contributed by atoms with van der Waals surface area (Å²) < 4.78 is 25.8. The molecule has 1 rings (SSSR count). The highest BCUT2D eigenvalue weighted by Crippen LogP contribution is 2.18. The summed E-state index contributed by atoms with van der Waals surface area (Å²) in [7, 11) is -3.19. The molecule has 0 unspecified atom stereocenters. The Labute approximate surface area is 96.7 Å². The van der Waals surface area contributed by atoms with Crippen molar-refractivity contribution in [2.75, 3.05) is 5.75 Å². The summed E-state index contributed by atoms with van der Waals surface area (Å²) in [6.07, 6.45) is 3.77. The van der Waals surface area contributed by atoms with Crippen molar-refractivity contribution in [3.05, 3.63) is 18.2 Å². The average molecular weight is 245 g/mol. The monoisotopic (exact) mass is 245 g/mol. The minimum Gasteiger partial charge on any atom is -0.347 e. The number of aromatic nitrogens is 2. The first-order valence-corrected chi connectivity index (χ1v) is 6.88. The average Bonchev–Trinajstić information content (AvgIpc) is 2.64. The van der Waals surface area contributed by atoms with Crippen molar-refractivity contribution in [3.63, 3.8) is 0 Å². The number of nitrogens with one attached hydrogen (secondary N) is 2. The van der Waals surface area contributed by atoms with Crippen LogP contribution >= 0.6 is 0 Å². The first-order chi connectivity index (χ1) is 7.29. The van der Waals surface area contributed by atoms with Gasteiger partial charge in [-0.2, -0.15) is 0 Å². The maximum atomic E-state index is 11.6. The number of H-pyrrole nitrogens is 1. The van der Waals surface area contributed by atoms with Crippen molar-refractivity contribution >= 4 is 10.0 Å². The summed E-state index contributed by atoms with van der Waals surface area (Å²) in [4.78, 5) is 6.66. The third-order valence-corrected chi connectivity index (χ3v) is 3.48. The second-order valence-corrected chi connectivity index (χ2v) is 6.95. The Morgan fingerprint density at radius 3 is 2.62 bits per heavy atom. The molecule has 16 heavy (non-hydrogen) atoms. The molecule has 0 bridgehead atoms. The minimum absolute atomic E-state index is 0.0305. The predicted octanol–water partition coefficient (Wildman–Crippen LogP) is 1.27. The SMILES string of the molecule is CC(C)(C)CCS(=O)(=O)NCc1cnc[nH]1. The van der Waals surface area contributed by atoms with Gasteiger partial charge in [-0.3, -0.25) is 0 Å². The van der Waals surface area contributed by atoms with Gasteiger partial charge in [0.25, 0.3) is 0 Å². The summed E-state index contributed by atoms with van der Waals surface area (Å²) in [5.74, 6) is 0.157. The summed E-state index contributed by atoms with van der Waals surface area (Å²) in [5.41, 5.74) is 0.794. The molecule has 6 heteroatoms. The van der Waals surface area contributed by atoms with E-state index in [9.17, 15) is 8.42 Å². The van der Waals surface area contributed by atoms with E-state index >= 15 is 0 Å². The van der Waals surface area contributed by atoms with Gasteiger partial charge in [-0.05, 0) is 11.8 Å². The molecule has 0 atom stereocenters. The van der Waals surface area contributed by atoms with Crippen molar-refractivity contribution in [3.8, 4) is 0 Å². The number of nitrogens with zero attached hydrogens (tertiary/aromatic N) is 1. The molecule has 0 spiro atoms. The van der Waals surface area contributed by atoms with E-state index in [0.717, 1.165) is 5.69 Å². The third kappa shape index (κ3) is 5.27. The normalized spacial score (nSPS) is 12.9. The molecule has 0 aliphatic heterocycles. The largest absolute Gasteiger partial charge is 0.347 e. The fourth-order valence-corrected chi connectivity index (χ4v) is 2.48. The second-order valence-electron chi connectivity index (χ2n) is 5.03. The van der Waals surface area contributed by atoms with E-state index in [1.165, 1.54) is 6.33 Å². The molecule has 1 heterocycles. The summed E-state index contributed by atoms with van der Waals surface area (Å²) >= 11 is 0. The van der Waals surface area contributed by atoms with Gasteiger partial charge in [-0.15, -0.1) is 0 Å². The van der Waals surface area contributed by atoms with Crippen molar-refractivity contribution in [1.29, 1.82) is 0 Å². The number of sulfonamides is 1. The van der Waals surface area contributed by atoms with Gasteiger partial charge < -0.3 is 4.98 Å². The smallest absolute Gasteiger partial charge is 0.211 e. The topological polar surface area (TPSA) is 74.8 Å². The maximum absolute atomic E-state index is 11.6. The number of aromatic amines is 1. The van der Waals surface area contributed by atoms with Crippen LogP contribution in [-0.2, 0) is 16.6 Å². The van der Waals surface area contributed by atoms with Crippen LogP contribution in [0, 0.1) is 5.41 Å². The highest BCUT2D eigenvalue weighted by molar-refractivity contribution is 7.89. The Balaban J connectivity index is 2.41. The Hall–Kier alpha value is -0.880. The minimum atomic E-state index is -3.19. The first-order valence-electron chi connectivity index (χ1n) is 5.23. The molecule has 0 saturated heterocycles. The third-order valence-electron chi connectivity index (χ3n) is 2.16. The Morgan fingerprint density at radius 1 is 1.44 bits per heavy atom. The van der Waals surface area contributed by atoms with Gasteiger partial charge in [0.05, 0.1) is 18.6 Å². The summed E-state index contributed by atoms with van der Waals surface area (Å²) in [5, 5.41) is 0. The molecule has 5 nitrogen and oxygen atoms in total. The summed E-state index contributed by atoms with van der Waals surface area (Å²) in [6.45, 7) is 6.35. The van der Waals surface area contributed by atoms with Crippen LogP contribution in [-0.4, -0.2) is 24.1 Å². The van der Waals surface area contributed by atoms with Gasteiger partial charge in [0.15, 0.2) is 0 Å². The molecule has 2 N–H and O–H groups in total. The van der Waals surface area contributed by atoms with Crippen LogP contribution in [0.2, 0.25) is 0 Å². The number of imidazole rings is 1. The molecule has 1 aromatic rings. The molecular formula is C10H19N3O2S.